The molecule has 0 atom stereocenters. The molecule has 0 bridgehead atoms. The minimum atomic E-state index is -0.339. The minimum Gasteiger partial charge on any atom is -0.490 e. The summed E-state index contributed by atoms with van der Waals surface area (Å²) in [6.45, 7) is 0.502. The summed E-state index contributed by atoms with van der Waals surface area (Å²) < 4.78 is 19.0. The first kappa shape index (κ1) is 10.9. The van der Waals surface area contributed by atoms with Crippen LogP contribution >= 0.6 is 28.6 Å². The second-order valence-electron chi connectivity index (χ2n) is 2.50. The molecule has 0 aromatic heterocycles. The van der Waals surface area contributed by atoms with Gasteiger partial charge in [-0.3, -0.25) is 0 Å². The molecule has 13 heavy (non-hydrogen) atoms. The molecule has 0 saturated heterocycles. The Hall–Kier alpha value is -0.220. The molecule has 1 rings (SSSR count). The van der Waals surface area contributed by atoms with Crippen LogP contribution in [0.5, 0.6) is 5.75 Å². The number of ether oxygens (including phenoxy) is 1. The Labute approximate surface area is 90.8 Å². The van der Waals surface area contributed by atoms with Crippen molar-refractivity contribution in [3.05, 3.63) is 28.5 Å². The van der Waals surface area contributed by atoms with Crippen molar-refractivity contribution in [1.82, 2.24) is 0 Å². The van der Waals surface area contributed by atoms with E-state index in [0.717, 1.165) is 12.2 Å². The van der Waals surface area contributed by atoms with Gasteiger partial charge in [-0.15, -0.1) is 0 Å². The SMILES string of the molecule is Fc1cc(Br)ccc1OCCCS. The summed E-state index contributed by atoms with van der Waals surface area (Å²) in [5.74, 6) is 0.705. The van der Waals surface area contributed by atoms with E-state index in [1.54, 1.807) is 12.1 Å². The molecule has 4 heteroatoms. The first-order valence-corrected chi connectivity index (χ1v) is 5.35. The van der Waals surface area contributed by atoms with Crippen LogP contribution in [-0.4, -0.2) is 12.4 Å². The minimum absolute atomic E-state index is 0.296. The number of benzene rings is 1. The summed E-state index contributed by atoms with van der Waals surface area (Å²) in [6, 6.07) is 4.74. The van der Waals surface area contributed by atoms with Gasteiger partial charge in [-0.05, 0) is 30.4 Å². The highest BCUT2D eigenvalue weighted by Crippen LogP contribution is 2.21. The van der Waals surface area contributed by atoms with Gasteiger partial charge in [0.15, 0.2) is 11.6 Å². The number of hydrogen-bond acceptors (Lipinski definition) is 2. The molecule has 0 unspecified atom stereocenters. The molecule has 1 aromatic rings. The Bertz CT molecular complexity index is 280. The molecule has 1 aromatic carbocycles. The standard InChI is InChI=1S/C9H10BrFOS/c10-7-2-3-9(8(11)6-7)12-4-1-5-13/h2-3,6,13H,1,4-5H2. The Morgan fingerprint density at radius 3 is 2.85 bits per heavy atom. The van der Waals surface area contributed by atoms with Gasteiger partial charge < -0.3 is 4.74 Å². The average molecular weight is 265 g/mol. The number of hydrogen-bond donors (Lipinski definition) is 1. The average Bonchev–Trinajstić information content (AvgIpc) is 2.09. The summed E-state index contributed by atoms with van der Waals surface area (Å²) in [6.07, 6.45) is 0.818. The third-order valence-corrected chi connectivity index (χ3v) is 2.26. The van der Waals surface area contributed by atoms with E-state index in [4.69, 9.17) is 4.74 Å². The quantitative estimate of drug-likeness (QED) is 0.649. The van der Waals surface area contributed by atoms with Crippen molar-refractivity contribution >= 4 is 28.6 Å². The van der Waals surface area contributed by atoms with Crippen molar-refractivity contribution in [3.63, 3.8) is 0 Å². The number of halogens is 2. The van der Waals surface area contributed by atoms with Crippen LogP contribution in [0.25, 0.3) is 0 Å². The smallest absolute Gasteiger partial charge is 0.166 e. The second-order valence-corrected chi connectivity index (χ2v) is 3.86. The van der Waals surface area contributed by atoms with Crippen LogP contribution < -0.4 is 4.74 Å². The lowest BCUT2D eigenvalue weighted by molar-refractivity contribution is 0.302. The predicted octanol–water partition coefficient (Wildman–Crippen LogP) is 3.29. The highest BCUT2D eigenvalue weighted by molar-refractivity contribution is 9.10. The topological polar surface area (TPSA) is 9.23 Å². The predicted molar refractivity (Wildman–Crippen MR) is 58.1 cm³/mol. The molecule has 0 spiro atoms. The monoisotopic (exact) mass is 264 g/mol. The highest BCUT2D eigenvalue weighted by Gasteiger charge is 2.02. The van der Waals surface area contributed by atoms with E-state index in [9.17, 15) is 4.39 Å². The van der Waals surface area contributed by atoms with Crippen molar-refractivity contribution in [1.29, 1.82) is 0 Å². The van der Waals surface area contributed by atoms with Gasteiger partial charge in [0.05, 0.1) is 6.61 Å². The lowest BCUT2D eigenvalue weighted by Gasteiger charge is -2.05. The van der Waals surface area contributed by atoms with Crippen molar-refractivity contribution in [2.45, 2.75) is 6.42 Å². The first-order valence-electron chi connectivity index (χ1n) is 3.93. The zero-order valence-electron chi connectivity index (χ0n) is 6.96. The summed E-state index contributed by atoms with van der Waals surface area (Å²) in [5.41, 5.74) is 0. The maximum absolute atomic E-state index is 13.1. The van der Waals surface area contributed by atoms with Crippen LogP contribution in [-0.2, 0) is 0 Å². The third kappa shape index (κ3) is 3.56. The van der Waals surface area contributed by atoms with E-state index >= 15 is 0 Å². The van der Waals surface area contributed by atoms with Crippen LogP contribution in [0.1, 0.15) is 6.42 Å². The van der Waals surface area contributed by atoms with Crippen LogP contribution in [0.4, 0.5) is 4.39 Å². The first-order chi connectivity index (χ1) is 6.24. The number of thiol groups is 1. The largest absolute Gasteiger partial charge is 0.490 e. The van der Waals surface area contributed by atoms with E-state index in [-0.39, 0.29) is 5.82 Å². The number of rotatable bonds is 4. The van der Waals surface area contributed by atoms with E-state index in [1.165, 1.54) is 6.07 Å². The Morgan fingerprint density at radius 1 is 1.46 bits per heavy atom. The lowest BCUT2D eigenvalue weighted by Crippen LogP contribution is -1.99. The van der Waals surface area contributed by atoms with Crippen molar-refractivity contribution in [2.24, 2.45) is 0 Å². The lowest BCUT2D eigenvalue weighted by atomic mass is 10.3. The van der Waals surface area contributed by atoms with Gasteiger partial charge >= 0.3 is 0 Å². The summed E-state index contributed by atoms with van der Waals surface area (Å²) in [7, 11) is 0. The van der Waals surface area contributed by atoms with Crippen LogP contribution in [0.15, 0.2) is 22.7 Å². The summed E-state index contributed by atoms with van der Waals surface area (Å²) in [5, 5.41) is 0. The molecule has 0 saturated carbocycles. The Morgan fingerprint density at radius 2 is 2.23 bits per heavy atom. The highest BCUT2D eigenvalue weighted by atomic mass is 79.9. The van der Waals surface area contributed by atoms with Crippen LogP contribution in [0.3, 0.4) is 0 Å². The molecule has 0 aliphatic heterocycles. The Kier molecular flexibility index (Phi) is 4.59. The van der Waals surface area contributed by atoms with Gasteiger partial charge in [0, 0.05) is 4.47 Å². The van der Waals surface area contributed by atoms with Crippen LogP contribution in [0, 0.1) is 5.82 Å². The third-order valence-electron chi connectivity index (χ3n) is 1.45. The maximum atomic E-state index is 13.1. The molecule has 1 nitrogen and oxygen atoms in total. The van der Waals surface area contributed by atoms with Crippen molar-refractivity contribution in [2.75, 3.05) is 12.4 Å². The zero-order chi connectivity index (χ0) is 9.68. The fraction of sp³-hybridized carbons (Fsp3) is 0.333. The van der Waals surface area contributed by atoms with Crippen molar-refractivity contribution < 1.29 is 9.13 Å². The van der Waals surface area contributed by atoms with E-state index in [0.29, 0.717) is 16.8 Å². The van der Waals surface area contributed by atoms with Gasteiger partial charge in [0.1, 0.15) is 0 Å². The van der Waals surface area contributed by atoms with Gasteiger partial charge in [-0.25, -0.2) is 4.39 Å². The van der Waals surface area contributed by atoms with Gasteiger partial charge in [-0.1, -0.05) is 15.9 Å². The van der Waals surface area contributed by atoms with Gasteiger partial charge in [0.25, 0.3) is 0 Å². The summed E-state index contributed by atoms with van der Waals surface area (Å²) >= 11 is 7.20. The van der Waals surface area contributed by atoms with Crippen molar-refractivity contribution in [3.8, 4) is 5.75 Å². The summed E-state index contributed by atoms with van der Waals surface area (Å²) in [4.78, 5) is 0. The molecule has 0 amide bonds. The molecule has 0 aliphatic rings. The molecule has 0 heterocycles. The van der Waals surface area contributed by atoms with E-state index in [1.807, 2.05) is 0 Å². The van der Waals surface area contributed by atoms with Gasteiger partial charge in [-0.2, -0.15) is 12.6 Å². The molecule has 0 aliphatic carbocycles. The fourth-order valence-electron chi connectivity index (χ4n) is 0.839. The Balaban J connectivity index is 2.56. The van der Waals surface area contributed by atoms with Crippen LogP contribution in [0.2, 0.25) is 0 Å². The molecular weight excluding hydrogens is 255 g/mol. The molecule has 0 N–H and O–H groups in total. The molecule has 0 fully saturated rings. The fourth-order valence-corrected chi connectivity index (χ4v) is 1.30. The molecule has 0 radical (unpaired) electrons. The maximum Gasteiger partial charge on any atom is 0.166 e. The second kappa shape index (κ2) is 5.50. The normalized spacial score (nSPS) is 10.1. The van der Waals surface area contributed by atoms with E-state index < -0.39 is 0 Å². The molecule has 72 valence electrons. The van der Waals surface area contributed by atoms with E-state index in [2.05, 4.69) is 28.6 Å². The zero-order valence-corrected chi connectivity index (χ0v) is 9.45. The molecular formula is C9H10BrFOS. The van der Waals surface area contributed by atoms with Gasteiger partial charge in [0.2, 0.25) is 0 Å².